The number of benzene rings is 2. The molecule has 0 spiro atoms. The molecule has 1 unspecified atom stereocenters. The molecule has 0 aliphatic heterocycles. The van der Waals surface area contributed by atoms with Gasteiger partial charge >= 0.3 is 5.97 Å². The van der Waals surface area contributed by atoms with Crippen LogP contribution in [0.1, 0.15) is 28.4 Å². The second-order valence-electron chi connectivity index (χ2n) is 6.24. The number of carbonyl (C=O) groups is 3. The van der Waals surface area contributed by atoms with E-state index in [1.807, 2.05) is 32.0 Å². The van der Waals surface area contributed by atoms with Crippen LogP contribution in [-0.4, -0.2) is 36.9 Å². The molecule has 0 saturated heterocycles. The average molecular weight is 403 g/mol. The van der Waals surface area contributed by atoms with Gasteiger partial charge in [-0.2, -0.15) is 0 Å². The second-order valence-corrected chi connectivity index (χ2v) is 6.67. The smallest absolute Gasteiger partial charge is 0.325 e. The third-order valence-electron chi connectivity index (χ3n) is 4.14. The van der Waals surface area contributed by atoms with Crippen molar-refractivity contribution in [2.75, 3.05) is 18.5 Å². The molecular weight excluding hydrogens is 380 g/mol. The minimum Gasteiger partial charge on any atom is -0.465 e. The van der Waals surface area contributed by atoms with Gasteiger partial charge in [0.15, 0.2) is 11.8 Å². The fourth-order valence-electron chi connectivity index (χ4n) is 2.69. The summed E-state index contributed by atoms with van der Waals surface area (Å²) in [6.07, 6.45) is 0. The molecule has 0 fully saturated rings. The topological polar surface area (TPSA) is 84.5 Å². The van der Waals surface area contributed by atoms with Crippen molar-refractivity contribution >= 4 is 34.9 Å². The highest BCUT2D eigenvalue weighted by molar-refractivity contribution is 6.30. The molecule has 1 amide bonds. The number of Topliss-reactive ketones (excluding diaryl/α,β-unsaturated/α-hetero) is 1. The zero-order chi connectivity index (χ0) is 20.7. The van der Waals surface area contributed by atoms with Crippen LogP contribution in [-0.2, 0) is 14.3 Å². The van der Waals surface area contributed by atoms with E-state index in [1.165, 1.54) is 0 Å². The van der Waals surface area contributed by atoms with Crippen molar-refractivity contribution in [1.82, 2.24) is 5.32 Å². The number of esters is 1. The summed E-state index contributed by atoms with van der Waals surface area (Å²) in [6.45, 7) is 5.34. The lowest BCUT2D eigenvalue weighted by atomic mass is 10.0. The van der Waals surface area contributed by atoms with Gasteiger partial charge < -0.3 is 15.4 Å². The van der Waals surface area contributed by atoms with Gasteiger partial charge in [0.1, 0.15) is 6.54 Å². The molecule has 0 radical (unpaired) electrons. The summed E-state index contributed by atoms with van der Waals surface area (Å²) in [6, 6.07) is 10.7. The molecule has 2 N–H and O–H groups in total. The summed E-state index contributed by atoms with van der Waals surface area (Å²) < 4.78 is 4.81. The molecule has 7 heteroatoms. The number of hydrogen-bond acceptors (Lipinski definition) is 5. The fourth-order valence-corrected chi connectivity index (χ4v) is 2.82. The van der Waals surface area contributed by atoms with Gasteiger partial charge in [-0.3, -0.25) is 14.4 Å². The van der Waals surface area contributed by atoms with E-state index in [-0.39, 0.29) is 13.2 Å². The van der Waals surface area contributed by atoms with Crippen LogP contribution in [0, 0.1) is 13.8 Å². The minimum atomic E-state index is -1.21. The molecular formula is C21H23ClN2O4. The molecule has 2 aromatic rings. The van der Waals surface area contributed by atoms with Crippen LogP contribution in [0.4, 0.5) is 5.69 Å². The molecule has 28 heavy (non-hydrogen) atoms. The number of aryl methyl sites for hydroxylation is 2. The normalized spacial score (nSPS) is 11.4. The van der Waals surface area contributed by atoms with Crippen LogP contribution in [0.5, 0.6) is 0 Å². The summed E-state index contributed by atoms with van der Waals surface area (Å²) in [4.78, 5) is 37.3. The van der Waals surface area contributed by atoms with Gasteiger partial charge in [0.2, 0.25) is 0 Å². The predicted molar refractivity (Wildman–Crippen MR) is 109 cm³/mol. The van der Waals surface area contributed by atoms with Crippen molar-refractivity contribution in [2.24, 2.45) is 0 Å². The minimum absolute atomic E-state index is 0.211. The van der Waals surface area contributed by atoms with E-state index < -0.39 is 23.7 Å². The quantitative estimate of drug-likeness (QED) is 0.402. The van der Waals surface area contributed by atoms with Gasteiger partial charge in [-0.15, -0.1) is 0 Å². The van der Waals surface area contributed by atoms with Crippen LogP contribution >= 0.6 is 11.6 Å². The summed E-state index contributed by atoms with van der Waals surface area (Å²) >= 11 is 5.89. The van der Waals surface area contributed by atoms with Gasteiger partial charge in [-0.05, 0) is 56.2 Å². The van der Waals surface area contributed by atoms with Crippen LogP contribution in [0.2, 0.25) is 5.02 Å². The van der Waals surface area contributed by atoms with Crippen molar-refractivity contribution in [1.29, 1.82) is 0 Å². The largest absolute Gasteiger partial charge is 0.465 e. The van der Waals surface area contributed by atoms with Gasteiger partial charge in [0, 0.05) is 16.3 Å². The first-order valence-electron chi connectivity index (χ1n) is 8.89. The van der Waals surface area contributed by atoms with E-state index in [2.05, 4.69) is 10.6 Å². The van der Waals surface area contributed by atoms with Crippen molar-refractivity contribution in [2.45, 2.75) is 26.8 Å². The second kappa shape index (κ2) is 9.90. The lowest BCUT2D eigenvalue weighted by Crippen LogP contribution is -2.47. The monoisotopic (exact) mass is 402 g/mol. The number of carbonyl (C=O) groups excluding carboxylic acids is 3. The van der Waals surface area contributed by atoms with Crippen molar-refractivity contribution in [3.8, 4) is 0 Å². The van der Waals surface area contributed by atoms with E-state index in [9.17, 15) is 14.4 Å². The van der Waals surface area contributed by atoms with Crippen LogP contribution in [0.15, 0.2) is 42.5 Å². The Balaban J connectivity index is 2.29. The molecule has 148 valence electrons. The van der Waals surface area contributed by atoms with E-state index in [0.717, 1.165) is 11.1 Å². The fraction of sp³-hybridized carbons (Fsp3) is 0.286. The van der Waals surface area contributed by atoms with Crippen molar-refractivity contribution < 1.29 is 19.1 Å². The molecule has 0 aliphatic carbocycles. The van der Waals surface area contributed by atoms with Gasteiger partial charge in [-0.25, -0.2) is 0 Å². The molecule has 0 bridgehead atoms. The number of ether oxygens (including phenoxy) is 1. The SMILES string of the molecule is CCOC(=O)CNC(=O)C(Nc1c(C)cccc1C)C(=O)c1ccc(Cl)cc1. The Labute approximate surface area is 169 Å². The maximum Gasteiger partial charge on any atom is 0.325 e. The number of rotatable bonds is 8. The third-order valence-corrected chi connectivity index (χ3v) is 4.39. The molecule has 0 heterocycles. The Morgan fingerprint density at radius 1 is 1.04 bits per heavy atom. The average Bonchev–Trinajstić information content (AvgIpc) is 2.66. The Morgan fingerprint density at radius 3 is 2.21 bits per heavy atom. The Bertz CT molecular complexity index is 845. The molecule has 0 saturated carbocycles. The van der Waals surface area contributed by atoms with Crippen molar-refractivity contribution in [3.63, 3.8) is 0 Å². The lowest BCUT2D eigenvalue weighted by Gasteiger charge is -2.21. The van der Waals surface area contributed by atoms with Gasteiger partial charge in [-0.1, -0.05) is 29.8 Å². The van der Waals surface area contributed by atoms with Crippen LogP contribution in [0.3, 0.4) is 0 Å². The maximum absolute atomic E-state index is 13.0. The first-order chi connectivity index (χ1) is 13.3. The number of para-hydroxylation sites is 1. The van der Waals surface area contributed by atoms with E-state index in [1.54, 1.807) is 31.2 Å². The lowest BCUT2D eigenvalue weighted by molar-refractivity contribution is -0.143. The zero-order valence-corrected chi connectivity index (χ0v) is 16.8. The summed E-state index contributed by atoms with van der Waals surface area (Å²) in [5.41, 5.74) is 2.82. The Kier molecular flexibility index (Phi) is 7.58. The number of amides is 1. The third kappa shape index (κ3) is 5.57. The van der Waals surface area contributed by atoms with Crippen LogP contribution in [0.25, 0.3) is 0 Å². The van der Waals surface area contributed by atoms with Gasteiger partial charge in [0.25, 0.3) is 5.91 Å². The molecule has 2 rings (SSSR count). The van der Waals surface area contributed by atoms with E-state index in [4.69, 9.17) is 16.3 Å². The summed E-state index contributed by atoms with van der Waals surface area (Å²) in [7, 11) is 0. The number of ketones is 1. The first kappa shape index (κ1) is 21.4. The number of nitrogens with one attached hydrogen (secondary N) is 2. The Morgan fingerprint density at radius 2 is 1.64 bits per heavy atom. The molecule has 0 aliphatic rings. The number of hydrogen-bond donors (Lipinski definition) is 2. The van der Waals surface area contributed by atoms with E-state index >= 15 is 0 Å². The number of halogens is 1. The highest BCUT2D eigenvalue weighted by Crippen LogP contribution is 2.22. The van der Waals surface area contributed by atoms with Gasteiger partial charge in [0.05, 0.1) is 6.61 Å². The molecule has 6 nitrogen and oxygen atoms in total. The van der Waals surface area contributed by atoms with Crippen LogP contribution < -0.4 is 10.6 Å². The molecule has 0 aromatic heterocycles. The maximum atomic E-state index is 13.0. The summed E-state index contributed by atoms with van der Waals surface area (Å²) in [5, 5.41) is 5.99. The predicted octanol–water partition coefficient (Wildman–Crippen LogP) is 3.30. The molecule has 2 aromatic carbocycles. The molecule has 1 atom stereocenters. The standard InChI is InChI=1S/C21H23ClN2O4/c1-4-28-17(25)12-23-21(27)19(20(26)15-8-10-16(22)11-9-15)24-18-13(2)6-5-7-14(18)3/h5-11,19,24H,4,12H2,1-3H3,(H,23,27). The highest BCUT2D eigenvalue weighted by Gasteiger charge is 2.29. The first-order valence-corrected chi connectivity index (χ1v) is 9.27. The zero-order valence-electron chi connectivity index (χ0n) is 16.0. The number of anilines is 1. The Hall–Kier alpha value is -2.86. The van der Waals surface area contributed by atoms with Crippen molar-refractivity contribution in [3.05, 3.63) is 64.2 Å². The van der Waals surface area contributed by atoms with E-state index in [0.29, 0.717) is 16.3 Å². The highest BCUT2D eigenvalue weighted by atomic mass is 35.5. The summed E-state index contributed by atoms with van der Waals surface area (Å²) in [5.74, 6) is -1.61.